The third-order valence-electron chi connectivity index (χ3n) is 15.3. The van der Waals surface area contributed by atoms with Crippen molar-refractivity contribution in [2.45, 2.75) is 71.6 Å². The van der Waals surface area contributed by atoms with Crippen molar-refractivity contribution in [1.82, 2.24) is 4.57 Å². The van der Waals surface area contributed by atoms with Crippen molar-refractivity contribution >= 4 is 94.8 Å². The molecule has 3 aliphatic rings. The van der Waals surface area contributed by atoms with Crippen LogP contribution in [0.1, 0.15) is 77.6 Å². The molecule has 0 atom stereocenters. The Balaban J connectivity index is 1.15. The quantitative estimate of drug-likeness (QED) is 0.155. The molecule has 1 aliphatic carbocycles. The third-order valence-corrected chi connectivity index (χ3v) is 15.3. The van der Waals surface area contributed by atoms with Crippen LogP contribution in [0.25, 0.3) is 93.6 Å². The Morgan fingerprint density at radius 1 is 0.469 bits per heavy atom. The number of aromatic nitrogens is 1. The Labute approximate surface area is 372 Å². The van der Waals surface area contributed by atoms with Crippen molar-refractivity contribution in [1.29, 1.82) is 0 Å². The van der Waals surface area contributed by atoms with Crippen molar-refractivity contribution in [3.63, 3.8) is 0 Å². The predicted molar refractivity (Wildman–Crippen MR) is 269 cm³/mol. The zero-order valence-electron chi connectivity index (χ0n) is 37.6. The molecule has 0 radical (unpaired) electrons. The standard InChI is InChI=1S/C59H47BN2O2/c1-57(2,3)32-17-20-34(21-18-32)62-49-30-53-43(42-25-33(58(4,5)6)19-24-52(42)64-53)27-40(49)37-22-23-38-41-26-39-35-13-9-11-15-45(35)59(7,8)46(39)29-48(41)61-50-31-54-44(36-14-10-12-16-51(36)63-54)28-47(50)60(62)55(37)56(38)61/h9-31H,1-8H3. The summed E-state index contributed by atoms with van der Waals surface area (Å²) in [6.07, 6.45) is 0. The van der Waals surface area contributed by atoms with Crippen LogP contribution in [0, 0.1) is 0 Å². The van der Waals surface area contributed by atoms with Gasteiger partial charge in [0.15, 0.2) is 0 Å². The number of benzene rings is 8. The second kappa shape index (κ2) is 11.8. The Morgan fingerprint density at radius 3 is 1.91 bits per heavy atom. The summed E-state index contributed by atoms with van der Waals surface area (Å²) in [6, 6.07) is 52.9. The minimum absolute atomic E-state index is 0.00840. The highest BCUT2D eigenvalue weighted by molar-refractivity contribution is 6.94. The van der Waals surface area contributed by atoms with Gasteiger partial charge in [-0.2, -0.15) is 0 Å². The Bertz CT molecular complexity index is 3900. The number of fused-ring (bicyclic) bond motifs is 17. The highest BCUT2D eigenvalue weighted by Crippen LogP contribution is 2.53. The van der Waals surface area contributed by atoms with Crippen LogP contribution in [0.2, 0.25) is 0 Å². The van der Waals surface area contributed by atoms with Crippen LogP contribution in [0.5, 0.6) is 0 Å². The van der Waals surface area contributed by atoms with Gasteiger partial charge in [-0.05, 0) is 109 Å². The number of nitrogens with zero attached hydrogens (tertiary/aromatic N) is 2. The van der Waals surface area contributed by atoms with Gasteiger partial charge in [-0.15, -0.1) is 0 Å². The molecule has 0 amide bonds. The first-order valence-electron chi connectivity index (χ1n) is 22.9. The van der Waals surface area contributed by atoms with E-state index in [9.17, 15) is 0 Å². The third kappa shape index (κ3) is 4.59. The lowest BCUT2D eigenvalue weighted by Crippen LogP contribution is -2.60. The van der Waals surface area contributed by atoms with Gasteiger partial charge in [0.1, 0.15) is 22.3 Å². The van der Waals surface area contributed by atoms with Gasteiger partial charge in [-0.1, -0.05) is 134 Å². The number of rotatable bonds is 1. The van der Waals surface area contributed by atoms with Gasteiger partial charge in [-0.25, -0.2) is 0 Å². The first-order chi connectivity index (χ1) is 30.7. The molecule has 0 bridgehead atoms. The van der Waals surface area contributed by atoms with Crippen LogP contribution >= 0.6 is 0 Å². The SMILES string of the molecule is CC(C)(C)c1ccc(N2B3c4cc5c(cc4-n4c6cc7c(cc6c6ccc(c3c64)-c3cc4c(cc32)oc2ccc(C(C)(C)C)cc24)-c2ccccc2C7(C)C)oc2ccccc25)cc1. The molecular formula is C59H47BN2O2. The molecule has 4 nitrogen and oxygen atoms in total. The van der Waals surface area contributed by atoms with Crippen LogP contribution in [-0.4, -0.2) is 11.4 Å². The first kappa shape index (κ1) is 36.5. The molecule has 0 N–H and O–H groups in total. The second-order valence-electron chi connectivity index (χ2n) is 21.3. The molecule has 308 valence electrons. The number of furan rings is 2. The fraction of sp³-hybridized carbons (Fsp3) is 0.186. The minimum atomic E-state index is -0.144. The number of hydrogen-bond acceptors (Lipinski definition) is 3. The molecule has 3 aromatic heterocycles. The summed E-state index contributed by atoms with van der Waals surface area (Å²) in [7, 11) is 0. The molecule has 0 spiro atoms. The van der Waals surface area contributed by atoms with E-state index in [2.05, 4.69) is 204 Å². The van der Waals surface area contributed by atoms with Crippen LogP contribution in [-0.2, 0) is 16.2 Å². The van der Waals surface area contributed by atoms with Gasteiger partial charge >= 0.3 is 6.85 Å². The smallest absolute Gasteiger partial charge is 0.333 e. The minimum Gasteiger partial charge on any atom is -0.456 e. The molecule has 0 fully saturated rings. The zero-order chi connectivity index (χ0) is 43.3. The summed E-state index contributed by atoms with van der Waals surface area (Å²) >= 11 is 0. The largest absolute Gasteiger partial charge is 0.456 e. The second-order valence-corrected chi connectivity index (χ2v) is 21.3. The van der Waals surface area contributed by atoms with E-state index in [0.717, 1.165) is 60.9 Å². The maximum absolute atomic E-state index is 6.82. The van der Waals surface area contributed by atoms with E-state index in [1.807, 2.05) is 0 Å². The van der Waals surface area contributed by atoms with Gasteiger partial charge in [0, 0.05) is 72.5 Å². The maximum atomic E-state index is 6.82. The van der Waals surface area contributed by atoms with Crippen LogP contribution in [0.3, 0.4) is 0 Å². The van der Waals surface area contributed by atoms with E-state index in [-0.39, 0.29) is 23.1 Å². The topological polar surface area (TPSA) is 34.5 Å². The molecular weight excluding hydrogens is 779 g/mol. The molecule has 8 aromatic carbocycles. The van der Waals surface area contributed by atoms with Gasteiger partial charge in [-0.3, -0.25) is 0 Å². The normalized spacial score (nSPS) is 14.9. The van der Waals surface area contributed by atoms with Crippen molar-refractivity contribution in [2.75, 3.05) is 4.81 Å². The van der Waals surface area contributed by atoms with Crippen molar-refractivity contribution in [2.24, 2.45) is 0 Å². The van der Waals surface area contributed by atoms with Crippen molar-refractivity contribution < 1.29 is 8.83 Å². The summed E-state index contributed by atoms with van der Waals surface area (Å²) in [5.41, 5.74) is 22.6. The van der Waals surface area contributed by atoms with Gasteiger partial charge < -0.3 is 18.2 Å². The lowest BCUT2D eigenvalue weighted by Gasteiger charge is -2.42. The summed E-state index contributed by atoms with van der Waals surface area (Å²) < 4.78 is 16.1. The van der Waals surface area contributed by atoms with E-state index in [1.165, 1.54) is 77.2 Å². The molecule has 0 unspecified atom stereocenters. The molecule has 0 saturated heterocycles. The molecule has 5 heteroatoms. The molecule has 14 rings (SSSR count). The van der Waals surface area contributed by atoms with Gasteiger partial charge in [0.2, 0.25) is 0 Å². The fourth-order valence-electron chi connectivity index (χ4n) is 11.9. The highest BCUT2D eigenvalue weighted by atomic mass is 16.3. The number of para-hydroxylation sites is 1. The van der Waals surface area contributed by atoms with Gasteiger partial charge in [0.05, 0.1) is 11.0 Å². The van der Waals surface area contributed by atoms with E-state index >= 15 is 0 Å². The summed E-state index contributed by atoms with van der Waals surface area (Å²) in [6.45, 7) is 18.4. The highest BCUT2D eigenvalue weighted by Gasteiger charge is 2.45. The summed E-state index contributed by atoms with van der Waals surface area (Å²) in [5, 5.41) is 7.13. The lowest BCUT2D eigenvalue weighted by atomic mass is 9.44. The molecule has 64 heavy (non-hydrogen) atoms. The van der Waals surface area contributed by atoms with E-state index in [4.69, 9.17) is 8.83 Å². The van der Waals surface area contributed by atoms with E-state index in [1.54, 1.807) is 0 Å². The van der Waals surface area contributed by atoms with Crippen molar-refractivity contribution in [3.8, 4) is 27.9 Å². The van der Waals surface area contributed by atoms with E-state index in [0.29, 0.717) is 0 Å². The fourth-order valence-corrected chi connectivity index (χ4v) is 11.9. The van der Waals surface area contributed by atoms with E-state index < -0.39 is 0 Å². The molecule has 5 heterocycles. The lowest BCUT2D eigenvalue weighted by molar-refractivity contribution is 0.590. The average molecular weight is 827 g/mol. The Kier molecular flexibility index (Phi) is 6.72. The molecule has 2 aliphatic heterocycles. The zero-order valence-corrected chi connectivity index (χ0v) is 37.6. The van der Waals surface area contributed by atoms with Crippen LogP contribution < -0.4 is 15.7 Å². The maximum Gasteiger partial charge on any atom is 0.333 e. The number of anilines is 2. The molecule has 11 aromatic rings. The Morgan fingerprint density at radius 2 is 1.12 bits per heavy atom. The number of hydrogen-bond donors (Lipinski definition) is 0. The van der Waals surface area contributed by atoms with Crippen LogP contribution in [0.4, 0.5) is 11.4 Å². The average Bonchev–Trinajstić information content (AvgIpc) is 3.99. The Hall–Kier alpha value is -6.98. The predicted octanol–water partition coefficient (Wildman–Crippen LogP) is 14.7. The molecule has 0 saturated carbocycles. The monoisotopic (exact) mass is 826 g/mol. The first-order valence-corrected chi connectivity index (χ1v) is 22.9. The van der Waals surface area contributed by atoms with Crippen molar-refractivity contribution in [3.05, 3.63) is 162 Å². The van der Waals surface area contributed by atoms with Gasteiger partial charge in [0.25, 0.3) is 0 Å². The summed E-state index contributed by atoms with van der Waals surface area (Å²) in [5.74, 6) is 0. The summed E-state index contributed by atoms with van der Waals surface area (Å²) in [4.78, 5) is 2.62. The van der Waals surface area contributed by atoms with Crippen LogP contribution in [0.15, 0.2) is 148 Å².